The number of unbranched alkanes of at least 4 members (excludes halogenated alkanes) is 28. The minimum atomic E-state index is 0.638. The molecule has 2 nitrogen and oxygen atoms in total. The summed E-state index contributed by atoms with van der Waals surface area (Å²) in [6.07, 6.45) is 51.5. The first-order chi connectivity index (χ1) is 20.8. The molecule has 1 atom stereocenters. The van der Waals surface area contributed by atoms with Gasteiger partial charge in [-0.2, -0.15) is 0 Å². The fourth-order valence-corrected chi connectivity index (χ4v) is 6.88. The third kappa shape index (κ3) is 23.8. The van der Waals surface area contributed by atoms with Crippen LogP contribution in [0.2, 0.25) is 0 Å². The molecule has 0 spiro atoms. The molecule has 42 heavy (non-hydrogen) atoms. The molecule has 1 rings (SSSR count). The van der Waals surface area contributed by atoms with Gasteiger partial charge in [0.15, 0.2) is 0 Å². The predicted molar refractivity (Wildman–Crippen MR) is 191 cm³/mol. The molecule has 1 aliphatic heterocycles. The molecule has 0 aliphatic carbocycles. The maximum atomic E-state index is 2.68. The Kier molecular flexibility index (Phi) is 29.8. The van der Waals surface area contributed by atoms with Crippen molar-refractivity contribution >= 4 is 0 Å². The molecule has 0 bridgehead atoms. The molecule has 2 heteroatoms. The van der Waals surface area contributed by atoms with Crippen molar-refractivity contribution < 1.29 is 0 Å². The minimum Gasteiger partial charge on any atom is -0.356 e. The van der Waals surface area contributed by atoms with Crippen LogP contribution < -0.4 is 0 Å². The molecule has 0 radical (unpaired) electrons. The first kappa shape index (κ1) is 39.4. The van der Waals surface area contributed by atoms with Crippen LogP contribution in [0.4, 0.5) is 0 Å². The van der Waals surface area contributed by atoms with Crippen molar-refractivity contribution in [2.24, 2.45) is 0 Å². The van der Waals surface area contributed by atoms with Crippen LogP contribution >= 0.6 is 0 Å². The summed E-state index contributed by atoms with van der Waals surface area (Å²) >= 11 is 0. The largest absolute Gasteiger partial charge is 0.356 e. The second kappa shape index (κ2) is 31.8. The highest BCUT2D eigenvalue weighted by Gasteiger charge is 2.24. The van der Waals surface area contributed by atoms with Crippen LogP contribution in [0.5, 0.6) is 0 Å². The normalized spacial score (nSPS) is 15.0. The van der Waals surface area contributed by atoms with Crippen LogP contribution in [0, 0.1) is 0 Å². The second-order valence-electron chi connectivity index (χ2n) is 13.9. The SMILES string of the molecule is CCCCCCCCCCCCCCCCCCCN1C=CN(CCCCCCCCCCCCCC)C1CCCC. The quantitative estimate of drug-likeness (QED) is 0.0690. The number of hydrogen-bond acceptors (Lipinski definition) is 2. The van der Waals surface area contributed by atoms with Gasteiger partial charge in [0.1, 0.15) is 6.17 Å². The van der Waals surface area contributed by atoms with E-state index in [2.05, 4.69) is 43.0 Å². The minimum absolute atomic E-state index is 0.638. The van der Waals surface area contributed by atoms with Crippen molar-refractivity contribution in [3.63, 3.8) is 0 Å². The zero-order chi connectivity index (χ0) is 30.2. The molecule has 0 fully saturated rings. The van der Waals surface area contributed by atoms with E-state index < -0.39 is 0 Å². The molecular formula is C40H80N2. The summed E-state index contributed by atoms with van der Waals surface area (Å²) < 4.78 is 0. The van der Waals surface area contributed by atoms with Crippen LogP contribution in [0.3, 0.4) is 0 Å². The number of hydrogen-bond donors (Lipinski definition) is 0. The molecular weight excluding hydrogens is 508 g/mol. The van der Waals surface area contributed by atoms with Gasteiger partial charge >= 0.3 is 0 Å². The highest BCUT2D eigenvalue weighted by Crippen LogP contribution is 2.23. The third-order valence-corrected chi connectivity index (χ3v) is 9.82. The number of nitrogens with zero attached hydrogens (tertiary/aromatic N) is 2. The average Bonchev–Trinajstić information content (AvgIpc) is 3.39. The Balaban J connectivity index is 1.97. The van der Waals surface area contributed by atoms with Crippen molar-refractivity contribution in [1.29, 1.82) is 0 Å². The smallest absolute Gasteiger partial charge is 0.101 e. The lowest BCUT2D eigenvalue weighted by atomic mass is 10.0. The van der Waals surface area contributed by atoms with Gasteiger partial charge in [0.2, 0.25) is 0 Å². The summed E-state index contributed by atoms with van der Waals surface area (Å²) in [5.41, 5.74) is 0. The Morgan fingerprint density at radius 1 is 0.310 bits per heavy atom. The van der Waals surface area contributed by atoms with E-state index in [4.69, 9.17) is 0 Å². The van der Waals surface area contributed by atoms with E-state index in [1.807, 2.05) is 0 Å². The van der Waals surface area contributed by atoms with Crippen molar-refractivity contribution in [2.45, 2.75) is 232 Å². The van der Waals surface area contributed by atoms with Gasteiger partial charge in [-0.3, -0.25) is 0 Å². The van der Waals surface area contributed by atoms with Gasteiger partial charge in [-0.25, -0.2) is 0 Å². The monoisotopic (exact) mass is 589 g/mol. The highest BCUT2D eigenvalue weighted by molar-refractivity contribution is 4.96. The van der Waals surface area contributed by atoms with E-state index in [0.717, 1.165) is 0 Å². The first-order valence-electron chi connectivity index (χ1n) is 20.0. The van der Waals surface area contributed by atoms with Crippen LogP contribution in [-0.4, -0.2) is 29.1 Å². The summed E-state index contributed by atoms with van der Waals surface area (Å²) in [6.45, 7) is 9.49. The van der Waals surface area contributed by atoms with Crippen LogP contribution in [0.25, 0.3) is 0 Å². The van der Waals surface area contributed by atoms with E-state index in [-0.39, 0.29) is 0 Å². The van der Waals surface area contributed by atoms with Crippen molar-refractivity contribution in [2.75, 3.05) is 13.1 Å². The maximum absolute atomic E-state index is 2.68. The summed E-state index contributed by atoms with van der Waals surface area (Å²) in [5, 5.41) is 0. The molecule has 1 heterocycles. The molecule has 0 amide bonds. The summed E-state index contributed by atoms with van der Waals surface area (Å²) in [6, 6.07) is 0. The zero-order valence-electron chi connectivity index (χ0n) is 29.7. The van der Waals surface area contributed by atoms with Crippen LogP contribution in [-0.2, 0) is 0 Å². The van der Waals surface area contributed by atoms with Gasteiger partial charge in [0, 0.05) is 25.5 Å². The molecule has 250 valence electrons. The van der Waals surface area contributed by atoms with E-state index in [0.29, 0.717) is 6.17 Å². The molecule has 0 N–H and O–H groups in total. The molecule has 0 aromatic carbocycles. The summed E-state index contributed by atoms with van der Waals surface area (Å²) in [7, 11) is 0. The lowest BCUT2D eigenvalue weighted by Gasteiger charge is -2.33. The lowest BCUT2D eigenvalue weighted by Crippen LogP contribution is -2.39. The standard InChI is InChI=1S/C40H80N2/c1-4-7-10-12-14-16-18-20-21-22-23-24-26-28-30-32-34-37-42-39-38-41(40(42)35-9-6-3)36-33-31-29-27-25-19-17-15-13-11-8-5-2/h38-40H,4-37H2,1-3H3. The Labute approximate surface area is 267 Å². The highest BCUT2D eigenvalue weighted by atomic mass is 15.4. The van der Waals surface area contributed by atoms with Crippen LogP contribution in [0.15, 0.2) is 12.4 Å². The Morgan fingerprint density at radius 3 is 0.810 bits per heavy atom. The number of rotatable bonds is 34. The predicted octanol–water partition coefficient (Wildman–Crippen LogP) is 13.9. The lowest BCUT2D eigenvalue weighted by molar-refractivity contribution is 0.136. The topological polar surface area (TPSA) is 6.48 Å². The zero-order valence-corrected chi connectivity index (χ0v) is 29.7. The van der Waals surface area contributed by atoms with Crippen molar-refractivity contribution in [3.05, 3.63) is 12.4 Å². The van der Waals surface area contributed by atoms with Gasteiger partial charge < -0.3 is 9.80 Å². The second-order valence-corrected chi connectivity index (χ2v) is 13.9. The molecule has 0 aromatic rings. The van der Waals surface area contributed by atoms with Gasteiger partial charge in [-0.1, -0.05) is 201 Å². The van der Waals surface area contributed by atoms with Gasteiger partial charge in [-0.15, -0.1) is 0 Å². The fraction of sp³-hybridized carbons (Fsp3) is 0.950. The molecule has 0 aromatic heterocycles. The average molecular weight is 589 g/mol. The van der Waals surface area contributed by atoms with E-state index >= 15 is 0 Å². The fourth-order valence-electron chi connectivity index (χ4n) is 6.88. The van der Waals surface area contributed by atoms with Crippen molar-refractivity contribution in [1.82, 2.24) is 9.80 Å². The molecule has 1 aliphatic rings. The van der Waals surface area contributed by atoms with Gasteiger partial charge in [-0.05, 0) is 25.7 Å². The van der Waals surface area contributed by atoms with Crippen LogP contribution in [0.1, 0.15) is 226 Å². The molecule has 0 saturated carbocycles. The Bertz CT molecular complexity index is 544. The van der Waals surface area contributed by atoms with Gasteiger partial charge in [0.25, 0.3) is 0 Å². The summed E-state index contributed by atoms with van der Waals surface area (Å²) in [4.78, 5) is 5.36. The van der Waals surface area contributed by atoms with E-state index in [1.165, 1.54) is 219 Å². The van der Waals surface area contributed by atoms with Gasteiger partial charge in [0.05, 0.1) is 0 Å². The van der Waals surface area contributed by atoms with E-state index in [1.54, 1.807) is 0 Å². The van der Waals surface area contributed by atoms with E-state index in [9.17, 15) is 0 Å². The maximum Gasteiger partial charge on any atom is 0.101 e. The van der Waals surface area contributed by atoms with Crippen molar-refractivity contribution in [3.8, 4) is 0 Å². The first-order valence-corrected chi connectivity index (χ1v) is 20.0. The molecule has 1 unspecified atom stereocenters. The Morgan fingerprint density at radius 2 is 0.548 bits per heavy atom. The summed E-state index contributed by atoms with van der Waals surface area (Å²) in [5.74, 6) is 0. The Hall–Kier alpha value is -0.660. The third-order valence-electron chi connectivity index (χ3n) is 9.82. The molecule has 0 saturated heterocycles.